The summed E-state index contributed by atoms with van der Waals surface area (Å²) in [6.07, 6.45) is 5.16. The average molecular weight is 252 g/mol. The highest BCUT2D eigenvalue weighted by Gasteiger charge is 2.40. The van der Waals surface area contributed by atoms with Crippen LogP contribution in [0.1, 0.15) is 41.7 Å². The molecule has 0 aromatic carbocycles. The molecule has 3 atom stereocenters. The highest BCUT2D eigenvalue weighted by Crippen LogP contribution is 2.46. The Morgan fingerprint density at radius 2 is 2.29 bits per heavy atom. The van der Waals surface area contributed by atoms with Crippen LogP contribution in [0.4, 0.5) is 5.00 Å². The summed E-state index contributed by atoms with van der Waals surface area (Å²) < 4.78 is 4.14. The maximum Gasteiger partial charge on any atom is 0.340 e. The number of nitrogens with zero attached hydrogens (tertiary/aromatic N) is 1. The number of hydrogen-bond donors (Lipinski definition) is 2. The molecule has 2 N–H and O–H groups in total. The normalized spacial score (nSPS) is 30.8. The highest BCUT2D eigenvalue weighted by molar-refractivity contribution is 7.10. The quantitative estimate of drug-likeness (QED) is 0.868. The van der Waals surface area contributed by atoms with E-state index in [1.54, 1.807) is 6.92 Å². The average Bonchev–Trinajstić information content (AvgIpc) is 2.93. The molecular formula is C12H16N2O2S. The van der Waals surface area contributed by atoms with Gasteiger partial charge in [0.05, 0.1) is 5.69 Å². The number of carboxylic acid groups (broad SMARTS) is 1. The number of carboxylic acids is 1. The van der Waals surface area contributed by atoms with Crippen LogP contribution < -0.4 is 5.32 Å². The van der Waals surface area contributed by atoms with E-state index in [0.29, 0.717) is 17.3 Å². The molecule has 0 amide bonds. The van der Waals surface area contributed by atoms with Crippen molar-refractivity contribution in [1.29, 1.82) is 0 Å². The zero-order valence-corrected chi connectivity index (χ0v) is 10.6. The third-order valence-electron chi connectivity index (χ3n) is 4.13. The zero-order valence-electron chi connectivity index (χ0n) is 9.77. The molecule has 2 saturated carbocycles. The number of rotatable bonds is 3. The van der Waals surface area contributed by atoms with E-state index in [2.05, 4.69) is 9.69 Å². The van der Waals surface area contributed by atoms with Crippen LogP contribution in [0, 0.1) is 18.8 Å². The summed E-state index contributed by atoms with van der Waals surface area (Å²) in [6.45, 7) is 1.76. The van der Waals surface area contributed by atoms with Crippen LogP contribution in [0.15, 0.2) is 0 Å². The first-order valence-corrected chi connectivity index (χ1v) is 6.88. The topological polar surface area (TPSA) is 62.2 Å². The number of anilines is 1. The van der Waals surface area contributed by atoms with E-state index < -0.39 is 5.97 Å². The van der Waals surface area contributed by atoms with Gasteiger partial charge >= 0.3 is 5.97 Å². The van der Waals surface area contributed by atoms with Crippen molar-refractivity contribution in [2.24, 2.45) is 11.8 Å². The molecule has 5 heteroatoms. The lowest BCUT2D eigenvalue weighted by atomic mass is 9.95. The van der Waals surface area contributed by atoms with Crippen LogP contribution in [0.5, 0.6) is 0 Å². The first-order chi connectivity index (χ1) is 8.15. The predicted octanol–water partition coefficient (Wildman–Crippen LogP) is 2.75. The van der Waals surface area contributed by atoms with Crippen molar-refractivity contribution < 1.29 is 9.90 Å². The first kappa shape index (κ1) is 11.0. The van der Waals surface area contributed by atoms with Gasteiger partial charge < -0.3 is 10.4 Å². The van der Waals surface area contributed by atoms with Crippen molar-refractivity contribution in [3.05, 3.63) is 11.3 Å². The predicted molar refractivity (Wildman–Crippen MR) is 66.7 cm³/mol. The standard InChI is InChI=1S/C12H16N2O2S/c1-6-10(12(15)16)11(17-14-6)13-9-5-7-2-3-8(9)4-7/h7-9,13H,2-5H2,1H3,(H,15,16). The van der Waals surface area contributed by atoms with E-state index in [1.807, 2.05) is 0 Å². The molecule has 17 heavy (non-hydrogen) atoms. The minimum Gasteiger partial charge on any atom is -0.478 e. The van der Waals surface area contributed by atoms with Gasteiger partial charge in [0.1, 0.15) is 10.6 Å². The van der Waals surface area contributed by atoms with Gasteiger partial charge in [0.15, 0.2) is 0 Å². The molecule has 0 saturated heterocycles. The van der Waals surface area contributed by atoms with Crippen LogP contribution in [0.25, 0.3) is 0 Å². The van der Waals surface area contributed by atoms with Crippen molar-refractivity contribution in [2.75, 3.05) is 5.32 Å². The van der Waals surface area contributed by atoms with E-state index >= 15 is 0 Å². The smallest absolute Gasteiger partial charge is 0.340 e. The van der Waals surface area contributed by atoms with E-state index in [4.69, 9.17) is 5.11 Å². The molecule has 2 aliphatic carbocycles. The highest BCUT2D eigenvalue weighted by atomic mass is 32.1. The monoisotopic (exact) mass is 252 g/mol. The number of carbonyl (C=O) groups is 1. The summed E-state index contributed by atoms with van der Waals surface area (Å²) in [5, 5.41) is 13.3. The summed E-state index contributed by atoms with van der Waals surface area (Å²) in [4.78, 5) is 11.2. The van der Waals surface area contributed by atoms with Crippen molar-refractivity contribution >= 4 is 22.5 Å². The first-order valence-electron chi connectivity index (χ1n) is 6.11. The fourth-order valence-corrected chi connectivity index (χ4v) is 4.16. The molecule has 2 bridgehead atoms. The van der Waals surface area contributed by atoms with Crippen LogP contribution in [0.3, 0.4) is 0 Å². The Balaban J connectivity index is 1.79. The van der Waals surface area contributed by atoms with E-state index in [-0.39, 0.29) is 0 Å². The van der Waals surface area contributed by atoms with E-state index in [0.717, 1.165) is 16.8 Å². The van der Waals surface area contributed by atoms with Gasteiger partial charge in [0.25, 0.3) is 0 Å². The molecule has 0 radical (unpaired) electrons. The Morgan fingerprint density at radius 3 is 2.88 bits per heavy atom. The minimum atomic E-state index is -0.873. The van der Waals surface area contributed by atoms with Crippen molar-refractivity contribution in [3.63, 3.8) is 0 Å². The Hall–Kier alpha value is -1.10. The fourth-order valence-electron chi connectivity index (χ4n) is 3.31. The molecule has 3 rings (SSSR count). The molecule has 2 fully saturated rings. The molecular weight excluding hydrogens is 236 g/mol. The molecule has 2 aliphatic rings. The maximum absolute atomic E-state index is 11.2. The van der Waals surface area contributed by atoms with Gasteiger partial charge in [-0.3, -0.25) is 0 Å². The number of fused-ring (bicyclic) bond motifs is 2. The van der Waals surface area contributed by atoms with Crippen molar-refractivity contribution in [3.8, 4) is 0 Å². The fraction of sp³-hybridized carbons (Fsp3) is 0.667. The maximum atomic E-state index is 11.2. The molecule has 0 aliphatic heterocycles. The Morgan fingerprint density at radius 1 is 1.47 bits per heavy atom. The molecule has 3 unspecified atom stereocenters. The summed E-state index contributed by atoms with van der Waals surface area (Å²) >= 11 is 1.28. The van der Waals surface area contributed by atoms with Crippen molar-refractivity contribution in [2.45, 2.75) is 38.6 Å². The van der Waals surface area contributed by atoms with Crippen LogP contribution in [-0.4, -0.2) is 21.5 Å². The summed E-state index contributed by atoms with van der Waals surface area (Å²) in [5.41, 5.74) is 0.978. The van der Waals surface area contributed by atoms with Gasteiger partial charge in [0, 0.05) is 6.04 Å². The molecule has 1 aromatic heterocycles. The number of aryl methyl sites for hydroxylation is 1. The summed E-state index contributed by atoms with van der Waals surface area (Å²) in [5.74, 6) is 0.728. The number of nitrogens with one attached hydrogen (secondary N) is 1. The van der Waals surface area contributed by atoms with Crippen LogP contribution in [-0.2, 0) is 0 Å². The lowest BCUT2D eigenvalue weighted by Crippen LogP contribution is -2.26. The van der Waals surface area contributed by atoms with Gasteiger partial charge in [-0.05, 0) is 49.6 Å². The minimum absolute atomic E-state index is 0.359. The van der Waals surface area contributed by atoms with Gasteiger partial charge in [-0.15, -0.1) is 0 Å². The van der Waals surface area contributed by atoms with Crippen LogP contribution >= 0.6 is 11.5 Å². The Labute approximate surface area is 104 Å². The van der Waals surface area contributed by atoms with Gasteiger partial charge in [0.2, 0.25) is 0 Å². The number of aromatic nitrogens is 1. The Bertz CT molecular complexity index is 457. The third kappa shape index (κ3) is 1.82. The van der Waals surface area contributed by atoms with E-state index in [1.165, 1.54) is 37.2 Å². The van der Waals surface area contributed by atoms with E-state index in [9.17, 15) is 4.79 Å². The lowest BCUT2D eigenvalue weighted by Gasteiger charge is -2.23. The van der Waals surface area contributed by atoms with Crippen LogP contribution in [0.2, 0.25) is 0 Å². The third-order valence-corrected chi connectivity index (χ3v) is 5.00. The molecule has 0 spiro atoms. The molecule has 1 heterocycles. The summed E-state index contributed by atoms with van der Waals surface area (Å²) in [6, 6.07) is 0.465. The summed E-state index contributed by atoms with van der Waals surface area (Å²) in [7, 11) is 0. The lowest BCUT2D eigenvalue weighted by molar-refractivity contribution is 0.0697. The molecule has 1 aromatic rings. The number of hydrogen-bond acceptors (Lipinski definition) is 4. The Kier molecular flexibility index (Phi) is 2.58. The number of aromatic carboxylic acids is 1. The largest absolute Gasteiger partial charge is 0.478 e. The van der Waals surface area contributed by atoms with Gasteiger partial charge in [-0.1, -0.05) is 6.42 Å². The SMILES string of the molecule is Cc1nsc(NC2CC3CCC2C3)c1C(=O)O. The van der Waals surface area contributed by atoms with Crippen molar-refractivity contribution in [1.82, 2.24) is 4.37 Å². The second-order valence-corrected chi connectivity index (χ2v) is 5.98. The van der Waals surface area contributed by atoms with Gasteiger partial charge in [-0.25, -0.2) is 4.79 Å². The zero-order chi connectivity index (χ0) is 12.0. The molecule has 92 valence electrons. The second-order valence-electron chi connectivity index (χ2n) is 5.20. The molecule has 4 nitrogen and oxygen atoms in total. The second kappa shape index (κ2) is 3.98. The van der Waals surface area contributed by atoms with Gasteiger partial charge in [-0.2, -0.15) is 4.37 Å².